The molecule has 0 fully saturated rings. The maximum absolute atomic E-state index is 12.4. The third-order valence-corrected chi connectivity index (χ3v) is 4.24. The first-order valence-corrected chi connectivity index (χ1v) is 8.46. The standard InChI is InChI=1S/C19H27N3O2/c1-13(2)10-17(21-14(3)19(20)24)8-9-18(23)22-11-15-6-4-5-7-16(15)12-22/h4-9,13-14,17,21H,10-12H2,1-3H3,(H2,20,24)/b9-8+/t14-,17+/m0/s1. The van der Waals surface area contributed by atoms with Crippen molar-refractivity contribution in [3.05, 3.63) is 47.5 Å². The van der Waals surface area contributed by atoms with Crippen LogP contribution in [-0.2, 0) is 22.7 Å². The van der Waals surface area contributed by atoms with E-state index in [0.717, 1.165) is 6.42 Å². The molecular weight excluding hydrogens is 302 g/mol. The van der Waals surface area contributed by atoms with E-state index >= 15 is 0 Å². The van der Waals surface area contributed by atoms with E-state index in [0.29, 0.717) is 19.0 Å². The lowest BCUT2D eigenvalue weighted by Gasteiger charge is -2.21. The first-order chi connectivity index (χ1) is 11.4. The number of primary amides is 1. The van der Waals surface area contributed by atoms with Gasteiger partial charge in [0, 0.05) is 25.2 Å². The Balaban J connectivity index is 1.98. The highest BCUT2D eigenvalue weighted by atomic mass is 16.2. The molecule has 1 aromatic rings. The average Bonchev–Trinajstić information content (AvgIpc) is 2.95. The topological polar surface area (TPSA) is 75.4 Å². The number of benzene rings is 1. The molecule has 1 heterocycles. The van der Waals surface area contributed by atoms with Crippen molar-refractivity contribution in [2.24, 2.45) is 11.7 Å². The molecule has 0 spiro atoms. The molecule has 5 heteroatoms. The minimum absolute atomic E-state index is 0.00603. The smallest absolute Gasteiger partial charge is 0.246 e. The van der Waals surface area contributed by atoms with E-state index in [4.69, 9.17) is 5.73 Å². The van der Waals surface area contributed by atoms with Crippen LogP contribution >= 0.6 is 0 Å². The molecule has 2 amide bonds. The number of carbonyl (C=O) groups is 2. The van der Waals surface area contributed by atoms with Gasteiger partial charge in [-0.3, -0.25) is 14.9 Å². The van der Waals surface area contributed by atoms with E-state index < -0.39 is 11.9 Å². The van der Waals surface area contributed by atoms with E-state index in [9.17, 15) is 9.59 Å². The molecule has 0 radical (unpaired) electrons. The van der Waals surface area contributed by atoms with Crippen molar-refractivity contribution in [1.82, 2.24) is 10.2 Å². The SMILES string of the molecule is CC(C)C[C@@H](/C=C/C(=O)N1Cc2ccccc2C1)N[C@@H](C)C(N)=O. The van der Waals surface area contributed by atoms with Gasteiger partial charge < -0.3 is 10.6 Å². The largest absolute Gasteiger partial charge is 0.368 e. The van der Waals surface area contributed by atoms with E-state index in [1.54, 1.807) is 13.0 Å². The fraction of sp³-hybridized carbons (Fsp3) is 0.474. The highest BCUT2D eigenvalue weighted by molar-refractivity contribution is 5.88. The summed E-state index contributed by atoms with van der Waals surface area (Å²) in [4.78, 5) is 25.5. The van der Waals surface area contributed by atoms with Gasteiger partial charge >= 0.3 is 0 Å². The minimum Gasteiger partial charge on any atom is -0.368 e. The molecule has 1 aromatic carbocycles. The normalized spacial score (nSPS) is 16.4. The lowest BCUT2D eigenvalue weighted by atomic mass is 10.0. The molecular formula is C19H27N3O2. The van der Waals surface area contributed by atoms with Gasteiger partial charge in [-0.2, -0.15) is 0 Å². The summed E-state index contributed by atoms with van der Waals surface area (Å²) in [6.07, 6.45) is 4.30. The number of fused-ring (bicyclic) bond motifs is 1. The Morgan fingerprint density at radius 1 is 1.21 bits per heavy atom. The zero-order valence-corrected chi connectivity index (χ0v) is 14.7. The molecule has 1 aliphatic heterocycles. The zero-order valence-electron chi connectivity index (χ0n) is 14.7. The number of nitrogens with one attached hydrogen (secondary N) is 1. The highest BCUT2D eigenvalue weighted by Gasteiger charge is 2.21. The van der Waals surface area contributed by atoms with Crippen LogP contribution < -0.4 is 11.1 Å². The molecule has 3 N–H and O–H groups in total. The number of hydrogen-bond donors (Lipinski definition) is 2. The molecule has 0 aromatic heterocycles. The second-order valence-corrected chi connectivity index (χ2v) is 6.85. The van der Waals surface area contributed by atoms with Crippen LogP contribution in [-0.4, -0.2) is 28.8 Å². The summed E-state index contributed by atoms with van der Waals surface area (Å²) in [7, 11) is 0. The van der Waals surface area contributed by atoms with Crippen LogP contribution in [0.15, 0.2) is 36.4 Å². The molecule has 0 saturated heterocycles. The van der Waals surface area contributed by atoms with Gasteiger partial charge in [0.1, 0.15) is 0 Å². The second kappa shape index (κ2) is 8.11. The quantitative estimate of drug-likeness (QED) is 0.751. The van der Waals surface area contributed by atoms with Gasteiger partial charge in [0.25, 0.3) is 0 Å². The molecule has 5 nitrogen and oxygen atoms in total. The van der Waals surface area contributed by atoms with Gasteiger partial charge in [-0.1, -0.05) is 44.2 Å². The van der Waals surface area contributed by atoms with Crippen LogP contribution in [0.1, 0.15) is 38.3 Å². The summed E-state index contributed by atoms with van der Waals surface area (Å²) in [6.45, 7) is 7.26. The predicted octanol–water partition coefficient (Wildman–Crippen LogP) is 1.96. The maximum atomic E-state index is 12.4. The maximum Gasteiger partial charge on any atom is 0.246 e. The van der Waals surface area contributed by atoms with Crippen molar-refractivity contribution in [1.29, 1.82) is 0 Å². The van der Waals surface area contributed by atoms with Crippen molar-refractivity contribution < 1.29 is 9.59 Å². The molecule has 0 bridgehead atoms. The fourth-order valence-electron chi connectivity index (χ4n) is 2.91. The molecule has 1 aliphatic rings. The molecule has 2 rings (SSSR count). The fourth-order valence-corrected chi connectivity index (χ4v) is 2.91. The van der Waals surface area contributed by atoms with E-state index in [1.807, 2.05) is 23.1 Å². The first kappa shape index (κ1) is 18.2. The van der Waals surface area contributed by atoms with E-state index in [2.05, 4.69) is 31.3 Å². The van der Waals surface area contributed by atoms with Crippen molar-refractivity contribution >= 4 is 11.8 Å². The summed E-state index contributed by atoms with van der Waals surface area (Å²) in [6, 6.07) is 7.63. The Morgan fingerprint density at radius 2 is 1.79 bits per heavy atom. The number of nitrogens with two attached hydrogens (primary N) is 1. The molecule has 130 valence electrons. The Kier molecular flexibility index (Phi) is 6.15. The summed E-state index contributed by atoms with van der Waals surface area (Å²) in [5.74, 6) is 0.0466. The number of rotatable bonds is 7. The van der Waals surface area contributed by atoms with Crippen LogP contribution in [0.4, 0.5) is 0 Å². The minimum atomic E-state index is -0.426. The van der Waals surface area contributed by atoms with Crippen LogP contribution in [0, 0.1) is 5.92 Å². The molecule has 0 saturated carbocycles. The predicted molar refractivity (Wildman–Crippen MR) is 94.9 cm³/mol. The van der Waals surface area contributed by atoms with Crippen molar-refractivity contribution in [3.63, 3.8) is 0 Å². The third kappa shape index (κ3) is 4.93. The van der Waals surface area contributed by atoms with Crippen LogP contribution in [0.25, 0.3) is 0 Å². The lowest BCUT2D eigenvalue weighted by Crippen LogP contribution is -2.44. The Hall–Kier alpha value is -2.14. The van der Waals surface area contributed by atoms with Crippen molar-refractivity contribution in [2.75, 3.05) is 0 Å². The van der Waals surface area contributed by atoms with Gasteiger partial charge in [0.15, 0.2) is 0 Å². The number of amides is 2. The molecule has 0 unspecified atom stereocenters. The van der Waals surface area contributed by atoms with Gasteiger partial charge in [-0.25, -0.2) is 0 Å². The Morgan fingerprint density at radius 3 is 2.29 bits per heavy atom. The zero-order chi connectivity index (χ0) is 17.7. The lowest BCUT2D eigenvalue weighted by molar-refractivity contribution is -0.126. The monoisotopic (exact) mass is 329 g/mol. The van der Waals surface area contributed by atoms with Crippen LogP contribution in [0.3, 0.4) is 0 Å². The van der Waals surface area contributed by atoms with Gasteiger partial charge in [-0.15, -0.1) is 0 Å². The van der Waals surface area contributed by atoms with Crippen molar-refractivity contribution in [2.45, 2.75) is 52.4 Å². The van der Waals surface area contributed by atoms with Crippen LogP contribution in [0.5, 0.6) is 0 Å². The molecule has 24 heavy (non-hydrogen) atoms. The number of carbonyl (C=O) groups excluding carboxylic acids is 2. The summed E-state index contributed by atoms with van der Waals surface area (Å²) < 4.78 is 0. The average molecular weight is 329 g/mol. The molecule has 0 aliphatic carbocycles. The van der Waals surface area contributed by atoms with Crippen LogP contribution in [0.2, 0.25) is 0 Å². The summed E-state index contributed by atoms with van der Waals surface area (Å²) in [5, 5.41) is 3.18. The number of hydrogen-bond acceptors (Lipinski definition) is 3. The second-order valence-electron chi connectivity index (χ2n) is 6.85. The van der Waals surface area contributed by atoms with E-state index in [-0.39, 0.29) is 11.9 Å². The van der Waals surface area contributed by atoms with Gasteiger partial charge in [-0.05, 0) is 30.4 Å². The van der Waals surface area contributed by atoms with Gasteiger partial charge in [0.05, 0.1) is 6.04 Å². The number of nitrogens with zero attached hydrogens (tertiary/aromatic N) is 1. The summed E-state index contributed by atoms with van der Waals surface area (Å²) in [5.41, 5.74) is 7.73. The Bertz CT molecular complexity index is 600. The third-order valence-electron chi connectivity index (χ3n) is 4.24. The van der Waals surface area contributed by atoms with Crippen molar-refractivity contribution in [3.8, 4) is 0 Å². The van der Waals surface area contributed by atoms with Gasteiger partial charge in [0.2, 0.25) is 11.8 Å². The highest BCUT2D eigenvalue weighted by Crippen LogP contribution is 2.22. The summed E-state index contributed by atoms with van der Waals surface area (Å²) >= 11 is 0. The Labute approximate surface area is 143 Å². The van der Waals surface area contributed by atoms with E-state index in [1.165, 1.54) is 11.1 Å². The first-order valence-electron chi connectivity index (χ1n) is 8.46. The molecule has 2 atom stereocenters.